The highest BCUT2D eigenvalue weighted by Crippen LogP contribution is 2.39. The van der Waals surface area contributed by atoms with Gasteiger partial charge in [0.05, 0.1) is 38.9 Å². The van der Waals surface area contributed by atoms with Crippen molar-refractivity contribution in [1.29, 1.82) is 0 Å². The normalized spacial score (nSPS) is 10.9. The number of benzene rings is 2. The van der Waals surface area contributed by atoms with Gasteiger partial charge in [0.15, 0.2) is 23.0 Å². The minimum Gasteiger partial charge on any atom is -0.493 e. The molecule has 154 valence electrons. The van der Waals surface area contributed by atoms with Crippen molar-refractivity contribution in [3.63, 3.8) is 0 Å². The largest absolute Gasteiger partial charge is 0.493 e. The van der Waals surface area contributed by atoms with Crippen LogP contribution in [0.1, 0.15) is 22.8 Å². The van der Waals surface area contributed by atoms with E-state index >= 15 is 0 Å². The van der Waals surface area contributed by atoms with Gasteiger partial charge in [0.25, 0.3) is 0 Å². The first kappa shape index (κ1) is 21.5. The minimum atomic E-state index is -0.674. The number of carbonyl (C=O) groups is 1. The molecule has 0 fully saturated rings. The summed E-state index contributed by atoms with van der Waals surface area (Å²) in [6.07, 6.45) is 1.38. The summed E-state index contributed by atoms with van der Waals surface area (Å²) in [6, 6.07) is 7.54. The number of rotatable bonds is 8. The number of allylic oxidation sites excluding steroid dienone is 1. The van der Waals surface area contributed by atoms with Gasteiger partial charge in [-0.25, -0.2) is 4.79 Å². The molecule has 0 amide bonds. The van der Waals surface area contributed by atoms with E-state index < -0.39 is 10.9 Å². The molecule has 29 heavy (non-hydrogen) atoms. The average Bonchev–Trinajstić information content (AvgIpc) is 2.73. The van der Waals surface area contributed by atoms with Crippen molar-refractivity contribution in [2.75, 3.05) is 28.4 Å². The first-order valence-corrected chi connectivity index (χ1v) is 8.37. The van der Waals surface area contributed by atoms with Crippen molar-refractivity contribution in [2.45, 2.75) is 6.92 Å². The molecule has 9 nitrogen and oxygen atoms in total. The molecule has 0 saturated heterocycles. The molecule has 0 aromatic heterocycles. The Kier molecular flexibility index (Phi) is 7.02. The van der Waals surface area contributed by atoms with Gasteiger partial charge in [-0.05, 0) is 29.8 Å². The van der Waals surface area contributed by atoms with Crippen molar-refractivity contribution in [2.24, 2.45) is 0 Å². The van der Waals surface area contributed by atoms with Gasteiger partial charge in [-0.3, -0.25) is 10.1 Å². The Morgan fingerprint density at radius 2 is 1.48 bits per heavy atom. The van der Waals surface area contributed by atoms with Crippen LogP contribution >= 0.6 is 0 Å². The Morgan fingerprint density at radius 1 is 0.897 bits per heavy atom. The molecule has 2 rings (SSSR count). The molecule has 0 spiro atoms. The zero-order valence-electron chi connectivity index (χ0n) is 16.7. The third-order valence-corrected chi connectivity index (χ3v) is 3.95. The van der Waals surface area contributed by atoms with E-state index in [4.69, 9.17) is 23.7 Å². The fraction of sp³-hybridized carbons (Fsp3) is 0.250. The lowest BCUT2D eigenvalue weighted by molar-refractivity contribution is -0.422. The summed E-state index contributed by atoms with van der Waals surface area (Å²) in [5.41, 5.74) is 0.674. The lowest BCUT2D eigenvalue weighted by Crippen LogP contribution is -2.10. The van der Waals surface area contributed by atoms with Crippen LogP contribution < -0.4 is 23.7 Å². The second-order valence-corrected chi connectivity index (χ2v) is 5.76. The van der Waals surface area contributed by atoms with E-state index in [0.29, 0.717) is 22.8 Å². The Bertz CT molecular complexity index is 926. The van der Waals surface area contributed by atoms with E-state index in [9.17, 15) is 14.9 Å². The van der Waals surface area contributed by atoms with E-state index in [1.54, 1.807) is 6.07 Å². The lowest BCUT2D eigenvalue weighted by Gasteiger charge is -2.14. The van der Waals surface area contributed by atoms with Crippen molar-refractivity contribution in [3.8, 4) is 28.7 Å². The highest BCUT2D eigenvalue weighted by molar-refractivity contribution is 5.93. The molecule has 0 aliphatic carbocycles. The Balaban J connectivity index is 2.35. The van der Waals surface area contributed by atoms with Crippen LogP contribution in [0.15, 0.2) is 36.0 Å². The highest BCUT2D eigenvalue weighted by Gasteiger charge is 2.19. The third-order valence-electron chi connectivity index (χ3n) is 3.95. The summed E-state index contributed by atoms with van der Waals surface area (Å²) >= 11 is 0. The van der Waals surface area contributed by atoms with E-state index in [0.717, 1.165) is 0 Å². The summed E-state index contributed by atoms with van der Waals surface area (Å²) in [5, 5.41) is 10.8. The topological polar surface area (TPSA) is 106 Å². The number of nitrogens with zero attached hydrogens (tertiary/aromatic N) is 1. The molecule has 0 atom stereocenters. The molecule has 0 heterocycles. The standard InChI is InChI=1S/C20H21NO8/c1-12(21(23)24)8-13-6-7-15(16(9-13)25-2)29-20(22)14-10-17(26-3)19(28-5)18(11-14)27-4/h6-11H,1-5H3. The number of carbonyl (C=O) groups excluding carboxylic acids is 1. The maximum Gasteiger partial charge on any atom is 0.343 e. The lowest BCUT2D eigenvalue weighted by atomic mass is 10.1. The number of ether oxygens (including phenoxy) is 5. The van der Waals surface area contributed by atoms with Crippen molar-refractivity contribution in [1.82, 2.24) is 0 Å². The molecular weight excluding hydrogens is 382 g/mol. The first-order valence-electron chi connectivity index (χ1n) is 8.37. The van der Waals surface area contributed by atoms with Gasteiger partial charge in [0.1, 0.15) is 0 Å². The smallest absolute Gasteiger partial charge is 0.343 e. The number of nitro groups is 1. The van der Waals surface area contributed by atoms with E-state index in [1.165, 1.54) is 65.7 Å². The van der Waals surface area contributed by atoms with E-state index in [-0.39, 0.29) is 22.8 Å². The fourth-order valence-electron chi connectivity index (χ4n) is 2.51. The maximum atomic E-state index is 12.6. The highest BCUT2D eigenvalue weighted by atomic mass is 16.6. The Labute approximate surface area is 167 Å². The number of hydrogen-bond acceptors (Lipinski definition) is 8. The van der Waals surface area contributed by atoms with E-state index in [1.807, 2.05) is 0 Å². The van der Waals surface area contributed by atoms with Crippen LogP contribution in [0.2, 0.25) is 0 Å². The number of esters is 1. The van der Waals surface area contributed by atoms with Gasteiger partial charge in [-0.2, -0.15) is 0 Å². The van der Waals surface area contributed by atoms with Crippen molar-refractivity contribution < 1.29 is 33.4 Å². The van der Waals surface area contributed by atoms with Crippen molar-refractivity contribution >= 4 is 12.0 Å². The quantitative estimate of drug-likeness (QED) is 0.285. The Morgan fingerprint density at radius 3 is 1.97 bits per heavy atom. The molecule has 0 bridgehead atoms. The zero-order valence-corrected chi connectivity index (χ0v) is 16.7. The Hall–Kier alpha value is -3.75. The monoisotopic (exact) mass is 403 g/mol. The maximum absolute atomic E-state index is 12.6. The molecular formula is C20H21NO8. The molecule has 0 aliphatic rings. The van der Waals surface area contributed by atoms with Crippen LogP contribution in [0.3, 0.4) is 0 Å². The average molecular weight is 403 g/mol. The van der Waals surface area contributed by atoms with Gasteiger partial charge in [0, 0.05) is 13.0 Å². The summed E-state index contributed by atoms with van der Waals surface area (Å²) in [7, 11) is 5.74. The van der Waals surface area contributed by atoms with E-state index in [2.05, 4.69) is 0 Å². The first-order chi connectivity index (χ1) is 13.8. The van der Waals surface area contributed by atoms with Gasteiger partial charge >= 0.3 is 5.97 Å². The summed E-state index contributed by atoms with van der Waals surface area (Å²) in [6.45, 7) is 1.38. The molecule has 0 radical (unpaired) electrons. The van der Waals surface area contributed by atoms with Crippen LogP contribution in [0.25, 0.3) is 6.08 Å². The van der Waals surface area contributed by atoms with Gasteiger partial charge in [-0.1, -0.05) is 6.07 Å². The van der Waals surface area contributed by atoms with Crippen LogP contribution in [-0.2, 0) is 0 Å². The minimum absolute atomic E-state index is 0.0331. The SMILES string of the molecule is COc1cc(C=C(C)[N+](=O)[O-])ccc1OC(=O)c1cc(OC)c(OC)c(OC)c1. The predicted molar refractivity (Wildman–Crippen MR) is 105 cm³/mol. The van der Waals surface area contributed by atoms with Crippen LogP contribution in [-0.4, -0.2) is 39.3 Å². The molecule has 9 heteroatoms. The van der Waals surface area contributed by atoms with Crippen LogP contribution in [0, 0.1) is 10.1 Å². The van der Waals surface area contributed by atoms with Gasteiger partial charge in [-0.15, -0.1) is 0 Å². The number of methoxy groups -OCH3 is 4. The van der Waals surface area contributed by atoms with Gasteiger partial charge in [0.2, 0.25) is 11.4 Å². The molecule has 0 N–H and O–H groups in total. The van der Waals surface area contributed by atoms with Gasteiger partial charge < -0.3 is 23.7 Å². The second kappa shape index (κ2) is 9.45. The molecule has 0 aliphatic heterocycles. The van der Waals surface area contributed by atoms with Crippen LogP contribution in [0.5, 0.6) is 28.7 Å². The summed E-state index contributed by atoms with van der Waals surface area (Å²) < 4.78 is 26.4. The molecule has 2 aromatic rings. The summed E-state index contributed by atoms with van der Waals surface area (Å²) in [4.78, 5) is 22.9. The molecule has 0 unspecified atom stereocenters. The third kappa shape index (κ3) is 4.95. The predicted octanol–water partition coefficient (Wildman–Crippen LogP) is 3.58. The fourth-order valence-corrected chi connectivity index (χ4v) is 2.51. The second-order valence-electron chi connectivity index (χ2n) is 5.76. The van der Waals surface area contributed by atoms with Crippen molar-refractivity contribution in [3.05, 3.63) is 57.3 Å². The van der Waals surface area contributed by atoms with Crippen LogP contribution in [0.4, 0.5) is 0 Å². The summed E-state index contributed by atoms with van der Waals surface area (Å²) in [5.74, 6) is 0.689. The number of hydrogen-bond donors (Lipinski definition) is 0. The zero-order chi connectivity index (χ0) is 21.6. The molecule has 0 saturated carbocycles. The molecule has 2 aromatic carbocycles.